The van der Waals surface area contributed by atoms with Crippen LogP contribution in [0.5, 0.6) is 0 Å². The van der Waals surface area contributed by atoms with Crippen LogP contribution in [-0.4, -0.2) is 24.3 Å². The maximum Gasteiger partial charge on any atom is 0.176 e. The SMILES string of the molecule is Cc1cccc(C(=O)CN(C)Cc2cccc(F)c2)c1. The molecule has 0 unspecified atom stereocenters. The van der Waals surface area contributed by atoms with Crippen LogP contribution in [0.4, 0.5) is 4.39 Å². The van der Waals surface area contributed by atoms with E-state index in [1.54, 1.807) is 6.07 Å². The third-order valence-electron chi connectivity index (χ3n) is 3.10. The predicted octanol–water partition coefficient (Wildman–Crippen LogP) is 3.45. The quantitative estimate of drug-likeness (QED) is 0.776. The van der Waals surface area contributed by atoms with Crippen molar-refractivity contribution in [1.29, 1.82) is 0 Å². The minimum Gasteiger partial charge on any atom is -0.295 e. The summed E-state index contributed by atoms with van der Waals surface area (Å²) in [6.07, 6.45) is 0. The Balaban J connectivity index is 1.97. The van der Waals surface area contributed by atoms with E-state index in [2.05, 4.69) is 0 Å². The van der Waals surface area contributed by atoms with Gasteiger partial charge in [-0.05, 0) is 37.7 Å². The minimum absolute atomic E-state index is 0.0765. The van der Waals surface area contributed by atoms with Gasteiger partial charge >= 0.3 is 0 Å². The van der Waals surface area contributed by atoms with Crippen LogP contribution >= 0.6 is 0 Å². The van der Waals surface area contributed by atoms with Gasteiger partial charge in [0, 0.05) is 12.1 Å². The largest absolute Gasteiger partial charge is 0.295 e. The predicted molar refractivity (Wildman–Crippen MR) is 78.2 cm³/mol. The van der Waals surface area contributed by atoms with Crippen molar-refractivity contribution >= 4 is 5.78 Å². The first-order valence-corrected chi connectivity index (χ1v) is 6.57. The molecule has 0 saturated carbocycles. The number of carbonyl (C=O) groups is 1. The van der Waals surface area contributed by atoms with E-state index in [-0.39, 0.29) is 11.6 Å². The summed E-state index contributed by atoms with van der Waals surface area (Å²) in [4.78, 5) is 14.0. The monoisotopic (exact) mass is 271 g/mol. The number of benzene rings is 2. The van der Waals surface area contributed by atoms with E-state index < -0.39 is 0 Å². The Morgan fingerprint density at radius 1 is 1.15 bits per heavy atom. The lowest BCUT2D eigenvalue weighted by Crippen LogP contribution is -2.25. The van der Waals surface area contributed by atoms with Crippen LogP contribution in [0.15, 0.2) is 48.5 Å². The molecule has 0 aliphatic heterocycles. The Hall–Kier alpha value is -2.00. The maximum absolute atomic E-state index is 13.1. The Morgan fingerprint density at radius 2 is 1.90 bits per heavy atom. The molecule has 0 atom stereocenters. The van der Waals surface area contributed by atoms with Gasteiger partial charge < -0.3 is 0 Å². The molecule has 0 aliphatic rings. The average molecular weight is 271 g/mol. The van der Waals surface area contributed by atoms with E-state index >= 15 is 0 Å². The molecular formula is C17H18FNO. The van der Waals surface area contributed by atoms with Gasteiger partial charge in [0.05, 0.1) is 6.54 Å². The van der Waals surface area contributed by atoms with Crippen LogP contribution in [0.2, 0.25) is 0 Å². The molecule has 104 valence electrons. The molecule has 0 saturated heterocycles. The van der Waals surface area contributed by atoms with Crippen LogP contribution in [-0.2, 0) is 6.54 Å². The molecule has 0 aromatic heterocycles. The zero-order valence-corrected chi connectivity index (χ0v) is 11.8. The molecule has 2 rings (SSSR count). The summed E-state index contributed by atoms with van der Waals surface area (Å²) in [6, 6.07) is 14.0. The van der Waals surface area contributed by atoms with Gasteiger partial charge in [-0.2, -0.15) is 0 Å². The molecule has 0 N–H and O–H groups in total. The second-order valence-electron chi connectivity index (χ2n) is 5.09. The highest BCUT2D eigenvalue weighted by Gasteiger charge is 2.10. The third-order valence-corrected chi connectivity index (χ3v) is 3.10. The lowest BCUT2D eigenvalue weighted by atomic mass is 10.1. The zero-order chi connectivity index (χ0) is 14.5. The van der Waals surface area contributed by atoms with Crippen molar-refractivity contribution in [2.45, 2.75) is 13.5 Å². The molecule has 0 radical (unpaired) electrons. The van der Waals surface area contributed by atoms with Crippen LogP contribution < -0.4 is 0 Å². The van der Waals surface area contributed by atoms with Gasteiger partial charge in [-0.15, -0.1) is 0 Å². The number of nitrogens with zero attached hydrogens (tertiary/aromatic N) is 1. The van der Waals surface area contributed by atoms with Crippen molar-refractivity contribution in [1.82, 2.24) is 4.90 Å². The van der Waals surface area contributed by atoms with Crippen molar-refractivity contribution in [3.8, 4) is 0 Å². The molecule has 20 heavy (non-hydrogen) atoms. The van der Waals surface area contributed by atoms with E-state index in [1.165, 1.54) is 12.1 Å². The Labute approximate surface area is 118 Å². The van der Waals surface area contributed by atoms with E-state index in [0.717, 1.165) is 16.7 Å². The number of Topliss-reactive ketones (excluding diaryl/α,β-unsaturated/α-hetero) is 1. The molecule has 0 aliphatic carbocycles. The number of halogens is 1. The smallest absolute Gasteiger partial charge is 0.176 e. The second kappa shape index (κ2) is 6.44. The van der Waals surface area contributed by atoms with Crippen LogP contribution in [0.1, 0.15) is 21.5 Å². The number of hydrogen-bond donors (Lipinski definition) is 0. The molecule has 2 aromatic carbocycles. The Bertz CT molecular complexity index is 609. The molecule has 0 bridgehead atoms. The van der Waals surface area contributed by atoms with Crippen LogP contribution in [0.25, 0.3) is 0 Å². The van der Waals surface area contributed by atoms with Crippen molar-refractivity contribution in [2.75, 3.05) is 13.6 Å². The zero-order valence-electron chi connectivity index (χ0n) is 11.8. The highest BCUT2D eigenvalue weighted by molar-refractivity contribution is 5.97. The molecule has 2 aromatic rings. The lowest BCUT2D eigenvalue weighted by Gasteiger charge is -2.16. The first kappa shape index (κ1) is 14.4. The van der Waals surface area contributed by atoms with Crippen LogP contribution in [0.3, 0.4) is 0 Å². The highest BCUT2D eigenvalue weighted by Crippen LogP contribution is 2.09. The normalized spacial score (nSPS) is 10.8. The fraction of sp³-hybridized carbons (Fsp3) is 0.235. The first-order chi connectivity index (χ1) is 9.54. The maximum atomic E-state index is 13.1. The summed E-state index contributed by atoms with van der Waals surface area (Å²) >= 11 is 0. The number of aryl methyl sites for hydroxylation is 1. The number of hydrogen-bond acceptors (Lipinski definition) is 2. The number of likely N-dealkylation sites (N-methyl/N-ethyl adjacent to an activating group) is 1. The van der Waals surface area contributed by atoms with E-state index in [9.17, 15) is 9.18 Å². The molecule has 3 heteroatoms. The van der Waals surface area contributed by atoms with Crippen molar-refractivity contribution in [2.24, 2.45) is 0 Å². The van der Waals surface area contributed by atoms with Crippen molar-refractivity contribution < 1.29 is 9.18 Å². The van der Waals surface area contributed by atoms with Gasteiger partial charge in [0.2, 0.25) is 0 Å². The van der Waals surface area contributed by atoms with Gasteiger partial charge in [-0.25, -0.2) is 4.39 Å². The Kier molecular flexibility index (Phi) is 4.64. The van der Waals surface area contributed by atoms with E-state index in [0.29, 0.717) is 13.1 Å². The molecule has 0 spiro atoms. The fourth-order valence-corrected chi connectivity index (χ4v) is 2.16. The number of rotatable bonds is 5. The van der Waals surface area contributed by atoms with Crippen LogP contribution in [0, 0.1) is 12.7 Å². The molecule has 0 heterocycles. The molecule has 2 nitrogen and oxygen atoms in total. The van der Waals surface area contributed by atoms with E-state index in [1.807, 2.05) is 49.2 Å². The van der Waals surface area contributed by atoms with Gasteiger partial charge in [0.15, 0.2) is 5.78 Å². The van der Waals surface area contributed by atoms with E-state index in [4.69, 9.17) is 0 Å². The lowest BCUT2D eigenvalue weighted by molar-refractivity contribution is 0.0943. The third kappa shape index (κ3) is 4.00. The van der Waals surface area contributed by atoms with Gasteiger partial charge in [0.25, 0.3) is 0 Å². The van der Waals surface area contributed by atoms with Gasteiger partial charge in [-0.3, -0.25) is 9.69 Å². The van der Waals surface area contributed by atoms with Crippen molar-refractivity contribution in [3.63, 3.8) is 0 Å². The molecule has 0 amide bonds. The summed E-state index contributed by atoms with van der Waals surface area (Å²) in [5.41, 5.74) is 2.66. The summed E-state index contributed by atoms with van der Waals surface area (Å²) in [6.45, 7) is 2.84. The fourth-order valence-electron chi connectivity index (χ4n) is 2.16. The van der Waals surface area contributed by atoms with Gasteiger partial charge in [-0.1, -0.05) is 35.9 Å². The van der Waals surface area contributed by atoms with Crippen molar-refractivity contribution in [3.05, 3.63) is 71.0 Å². The summed E-state index contributed by atoms with van der Waals surface area (Å²) < 4.78 is 13.1. The second-order valence-corrected chi connectivity index (χ2v) is 5.09. The number of ketones is 1. The Morgan fingerprint density at radius 3 is 2.60 bits per heavy atom. The highest BCUT2D eigenvalue weighted by atomic mass is 19.1. The minimum atomic E-state index is -0.249. The number of carbonyl (C=O) groups excluding carboxylic acids is 1. The topological polar surface area (TPSA) is 20.3 Å². The molecule has 0 fully saturated rings. The summed E-state index contributed by atoms with van der Waals surface area (Å²) in [5.74, 6) is -0.173. The summed E-state index contributed by atoms with van der Waals surface area (Å²) in [5, 5.41) is 0. The molecular weight excluding hydrogens is 253 g/mol. The average Bonchev–Trinajstić information content (AvgIpc) is 2.38. The first-order valence-electron chi connectivity index (χ1n) is 6.57. The van der Waals surface area contributed by atoms with Gasteiger partial charge in [0.1, 0.15) is 5.82 Å². The summed E-state index contributed by atoms with van der Waals surface area (Å²) in [7, 11) is 1.86. The standard InChI is InChI=1S/C17H18FNO/c1-13-5-3-7-15(9-13)17(20)12-19(2)11-14-6-4-8-16(18)10-14/h3-10H,11-12H2,1-2H3.